The number of aliphatic imine (C=N–C) groups is 1. The van der Waals surface area contributed by atoms with Crippen molar-refractivity contribution in [1.82, 2.24) is 4.90 Å². The van der Waals surface area contributed by atoms with Gasteiger partial charge in [0.25, 0.3) is 0 Å². The molecule has 0 aliphatic heterocycles. The smallest absolute Gasteiger partial charge is 0.144 e. The standard InChI is InChI=1S/C10H17N3S2/c1-8(15-9(2)14)7-10(11)12-5-6-13(3)4/h5,7,11H,6H2,1-4H3/b8-7-,11-10?,12-5+. The Balaban J connectivity index is 4.12. The van der Waals surface area contributed by atoms with Crippen LogP contribution in [0.3, 0.4) is 0 Å². The Bertz CT molecular complexity index is 293. The van der Waals surface area contributed by atoms with Crippen molar-refractivity contribution in [3.05, 3.63) is 11.0 Å². The highest BCUT2D eigenvalue weighted by molar-refractivity contribution is 8.25. The minimum Gasteiger partial charge on any atom is -0.304 e. The predicted octanol–water partition coefficient (Wildman–Crippen LogP) is 2.58. The third-order valence-electron chi connectivity index (χ3n) is 1.32. The zero-order valence-electron chi connectivity index (χ0n) is 9.57. The van der Waals surface area contributed by atoms with Crippen LogP contribution in [0.1, 0.15) is 13.8 Å². The maximum Gasteiger partial charge on any atom is 0.144 e. The average molecular weight is 243 g/mol. The fraction of sp³-hybridized carbons (Fsp3) is 0.500. The molecule has 5 heteroatoms. The molecule has 0 radical (unpaired) electrons. The van der Waals surface area contributed by atoms with Crippen LogP contribution in [0, 0.1) is 5.41 Å². The van der Waals surface area contributed by atoms with Gasteiger partial charge in [-0.3, -0.25) is 5.41 Å². The first-order valence-corrected chi connectivity index (χ1v) is 5.77. The number of hydrogen-bond donors (Lipinski definition) is 1. The van der Waals surface area contributed by atoms with Gasteiger partial charge in [0, 0.05) is 17.0 Å². The molecule has 0 aliphatic rings. The van der Waals surface area contributed by atoms with E-state index in [1.54, 1.807) is 12.3 Å². The second kappa shape index (κ2) is 7.73. The van der Waals surface area contributed by atoms with Gasteiger partial charge in [-0.1, -0.05) is 24.0 Å². The summed E-state index contributed by atoms with van der Waals surface area (Å²) < 4.78 is 0.855. The first kappa shape index (κ1) is 14.5. The van der Waals surface area contributed by atoms with Crippen molar-refractivity contribution in [1.29, 1.82) is 5.41 Å². The van der Waals surface area contributed by atoms with E-state index in [0.717, 1.165) is 15.6 Å². The largest absolute Gasteiger partial charge is 0.304 e. The lowest BCUT2D eigenvalue weighted by atomic mass is 10.5. The zero-order chi connectivity index (χ0) is 11.8. The zero-order valence-corrected chi connectivity index (χ0v) is 11.2. The van der Waals surface area contributed by atoms with Crippen molar-refractivity contribution in [2.24, 2.45) is 4.99 Å². The Morgan fingerprint density at radius 1 is 1.47 bits per heavy atom. The van der Waals surface area contributed by atoms with E-state index in [-0.39, 0.29) is 5.84 Å². The molecule has 15 heavy (non-hydrogen) atoms. The first-order chi connectivity index (χ1) is 6.91. The van der Waals surface area contributed by atoms with E-state index < -0.39 is 0 Å². The Labute approximate surface area is 101 Å². The van der Waals surface area contributed by atoms with E-state index in [9.17, 15) is 0 Å². The number of rotatable bonds is 4. The van der Waals surface area contributed by atoms with Crippen LogP contribution < -0.4 is 0 Å². The van der Waals surface area contributed by atoms with E-state index in [1.807, 2.05) is 32.8 Å². The second-order valence-electron chi connectivity index (χ2n) is 3.31. The van der Waals surface area contributed by atoms with Gasteiger partial charge < -0.3 is 4.90 Å². The normalized spacial score (nSPS) is 12.5. The minimum atomic E-state index is 0.262. The van der Waals surface area contributed by atoms with Crippen molar-refractivity contribution in [2.75, 3.05) is 20.6 Å². The molecule has 84 valence electrons. The van der Waals surface area contributed by atoms with E-state index >= 15 is 0 Å². The number of allylic oxidation sites excluding steroid dienone is 1. The molecular weight excluding hydrogens is 226 g/mol. The third kappa shape index (κ3) is 9.78. The van der Waals surface area contributed by atoms with Crippen LogP contribution in [-0.4, -0.2) is 41.8 Å². The lowest BCUT2D eigenvalue weighted by Gasteiger charge is -2.02. The highest BCUT2D eigenvalue weighted by atomic mass is 32.2. The number of thioether (sulfide) groups is 1. The molecule has 0 amide bonds. The summed E-state index contributed by atoms with van der Waals surface area (Å²) in [5, 5.41) is 7.56. The predicted molar refractivity (Wildman–Crippen MR) is 74.4 cm³/mol. The molecule has 0 spiro atoms. The molecule has 0 fully saturated rings. The molecule has 0 atom stereocenters. The van der Waals surface area contributed by atoms with Gasteiger partial charge in [-0.25, -0.2) is 4.99 Å². The number of nitrogens with zero attached hydrogens (tertiary/aromatic N) is 2. The molecular formula is C10H17N3S2. The van der Waals surface area contributed by atoms with Crippen molar-refractivity contribution in [3.8, 4) is 0 Å². The molecule has 0 bridgehead atoms. The molecule has 3 nitrogen and oxygen atoms in total. The average Bonchev–Trinajstić information content (AvgIpc) is 2.00. The van der Waals surface area contributed by atoms with Gasteiger partial charge in [0.1, 0.15) is 5.84 Å². The topological polar surface area (TPSA) is 39.5 Å². The Kier molecular flexibility index (Phi) is 7.46. The Hall–Kier alpha value is -0.520. The van der Waals surface area contributed by atoms with Crippen LogP contribution in [0.2, 0.25) is 0 Å². The third-order valence-corrected chi connectivity index (χ3v) is 2.30. The van der Waals surface area contributed by atoms with Gasteiger partial charge in [0.15, 0.2) is 0 Å². The van der Waals surface area contributed by atoms with Gasteiger partial charge in [-0.2, -0.15) is 0 Å². The molecule has 0 aliphatic carbocycles. The molecule has 1 N–H and O–H groups in total. The van der Waals surface area contributed by atoms with Gasteiger partial charge in [-0.05, 0) is 38.9 Å². The Morgan fingerprint density at radius 2 is 2.07 bits per heavy atom. The molecule has 0 saturated carbocycles. The maximum atomic E-state index is 7.56. The highest BCUT2D eigenvalue weighted by Crippen LogP contribution is 2.16. The molecule has 0 unspecified atom stereocenters. The van der Waals surface area contributed by atoms with Crippen LogP contribution in [-0.2, 0) is 0 Å². The summed E-state index contributed by atoms with van der Waals surface area (Å²) in [5.74, 6) is 0.262. The summed E-state index contributed by atoms with van der Waals surface area (Å²) in [6.45, 7) is 4.54. The molecule has 0 aromatic heterocycles. The summed E-state index contributed by atoms with van der Waals surface area (Å²) in [7, 11) is 3.92. The minimum absolute atomic E-state index is 0.262. The van der Waals surface area contributed by atoms with E-state index in [2.05, 4.69) is 4.99 Å². The monoisotopic (exact) mass is 243 g/mol. The highest BCUT2D eigenvalue weighted by Gasteiger charge is 1.94. The van der Waals surface area contributed by atoms with Crippen molar-refractivity contribution in [2.45, 2.75) is 13.8 Å². The van der Waals surface area contributed by atoms with Gasteiger partial charge in [-0.15, -0.1) is 0 Å². The molecule has 0 saturated heterocycles. The number of amidine groups is 1. The summed E-state index contributed by atoms with van der Waals surface area (Å²) in [4.78, 5) is 6.98. The van der Waals surface area contributed by atoms with E-state index in [0.29, 0.717) is 0 Å². The fourth-order valence-electron chi connectivity index (χ4n) is 0.788. The van der Waals surface area contributed by atoms with Crippen molar-refractivity contribution >= 4 is 40.2 Å². The van der Waals surface area contributed by atoms with Crippen molar-refractivity contribution in [3.63, 3.8) is 0 Å². The van der Waals surface area contributed by atoms with Crippen LogP contribution >= 0.6 is 24.0 Å². The van der Waals surface area contributed by atoms with Gasteiger partial charge in [0.2, 0.25) is 0 Å². The van der Waals surface area contributed by atoms with Crippen LogP contribution in [0.4, 0.5) is 0 Å². The summed E-state index contributed by atoms with van der Waals surface area (Å²) in [5.41, 5.74) is 0. The quantitative estimate of drug-likeness (QED) is 0.468. The summed E-state index contributed by atoms with van der Waals surface area (Å²) >= 11 is 6.44. The molecule has 0 aromatic rings. The number of hydrogen-bond acceptors (Lipinski definition) is 4. The first-order valence-electron chi connectivity index (χ1n) is 4.54. The van der Waals surface area contributed by atoms with Crippen molar-refractivity contribution < 1.29 is 0 Å². The van der Waals surface area contributed by atoms with Crippen LogP contribution in [0.25, 0.3) is 0 Å². The lowest BCUT2D eigenvalue weighted by molar-refractivity contribution is 0.474. The van der Waals surface area contributed by atoms with E-state index in [4.69, 9.17) is 17.6 Å². The fourth-order valence-corrected chi connectivity index (χ4v) is 1.81. The summed E-state index contributed by atoms with van der Waals surface area (Å²) in [6, 6.07) is 0. The van der Waals surface area contributed by atoms with Crippen LogP contribution in [0.5, 0.6) is 0 Å². The van der Waals surface area contributed by atoms with Crippen LogP contribution in [0.15, 0.2) is 16.0 Å². The molecule has 0 rings (SSSR count). The maximum absolute atomic E-state index is 7.56. The summed E-state index contributed by atoms with van der Waals surface area (Å²) in [6.07, 6.45) is 3.44. The molecule has 0 aromatic carbocycles. The SMILES string of the molecule is CC(=S)S/C(C)=C\C(=N)/N=C/CN(C)C. The van der Waals surface area contributed by atoms with E-state index in [1.165, 1.54) is 11.8 Å². The Morgan fingerprint density at radius 3 is 2.53 bits per heavy atom. The van der Waals surface area contributed by atoms with Gasteiger partial charge >= 0.3 is 0 Å². The number of nitrogens with one attached hydrogen (secondary N) is 1. The second-order valence-corrected chi connectivity index (χ2v) is 5.64. The van der Waals surface area contributed by atoms with Gasteiger partial charge in [0.05, 0.1) is 0 Å². The molecule has 0 heterocycles. The lowest BCUT2D eigenvalue weighted by Crippen LogP contribution is -2.14. The number of thiocarbonyl (C=S) groups is 1.